The van der Waals surface area contributed by atoms with Crippen LogP contribution in [0, 0.1) is 0 Å². The summed E-state index contributed by atoms with van der Waals surface area (Å²) in [5, 5.41) is 29.2. The van der Waals surface area contributed by atoms with E-state index in [4.69, 9.17) is 0 Å². The highest BCUT2D eigenvalue weighted by atomic mass is 16.3. The first-order chi connectivity index (χ1) is 12.9. The Balaban J connectivity index is 1.82. The Bertz CT molecular complexity index is 925. The largest absolute Gasteiger partial charge is 0.508 e. The first kappa shape index (κ1) is 18.6. The van der Waals surface area contributed by atoms with Crippen molar-refractivity contribution >= 4 is 6.08 Å². The molecule has 0 amide bonds. The van der Waals surface area contributed by atoms with Gasteiger partial charge >= 0.3 is 0 Å². The Hall–Kier alpha value is -3.20. The first-order valence-electron chi connectivity index (χ1n) is 9.03. The molecule has 0 fully saturated rings. The van der Waals surface area contributed by atoms with Gasteiger partial charge in [-0.1, -0.05) is 56.3 Å². The van der Waals surface area contributed by atoms with Crippen LogP contribution < -0.4 is 0 Å². The van der Waals surface area contributed by atoms with Crippen molar-refractivity contribution in [3.63, 3.8) is 0 Å². The molecule has 0 aromatic heterocycles. The molecule has 138 valence electrons. The van der Waals surface area contributed by atoms with E-state index in [1.54, 1.807) is 30.3 Å². The maximum absolute atomic E-state index is 10.3. The van der Waals surface area contributed by atoms with Gasteiger partial charge in [0, 0.05) is 11.5 Å². The highest BCUT2D eigenvalue weighted by molar-refractivity contribution is 5.56. The van der Waals surface area contributed by atoms with Crippen molar-refractivity contribution in [2.24, 2.45) is 0 Å². The summed E-state index contributed by atoms with van der Waals surface area (Å²) in [5.74, 6) is 0.974. The zero-order valence-corrected chi connectivity index (χ0v) is 15.5. The lowest BCUT2D eigenvalue weighted by atomic mass is 9.91. The van der Waals surface area contributed by atoms with Crippen molar-refractivity contribution in [1.29, 1.82) is 0 Å². The van der Waals surface area contributed by atoms with E-state index in [1.807, 2.05) is 49.4 Å². The van der Waals surface area contributed by atoms with Crippen LogP contribution in [0.5, 0.6) is 17.2 Å². The summed E-state index contributed by atoms with van der Waals surface area (Å²) >= 11 is 0. The van der Waals surface area contributed by atoms with E-state index in [0.29, 0.717) is 0 Å². The van der Waals surface area contributed by atoms with E-state index in [9.17, 15) is 15.3 Å². The summed E-state index contributed by atoms with van der Waals surface area (Å²) in [7, 11) is 0. The summed E-state index contributed by atoms with van der Waals surface area (Å²) < 4.78 is 0. The molecule has 3 N–H and O–H groups in total. The van der Waals surface area contributed by atoms with Crippen LogP contribution in [-0.4, -0.2) is 15.3 Å². The minimum absolute atomic E-state index is 0.00784. The zero-order chi connectivity index (χ0) is 19.4. The Morgan fingerprint density at radius 3 is 1.85 bits per heavy atom. The average molecular weight is 360 g/mol. The number of aromatic hydroxyl groups is 3. The van der Waals surface area contributed by atoms with Gasteiger partial charge in [-0.05, 0) is 59.0 Å². The lowest BCUT2D eigenvalue weighted by Gasteiger charge is -2.15. The fourth-order valence-corrected chi connectivity index (χ4v) is 3.11. The number of benzene rings is 3. The van der Waals surface area contributed by atoms with Gasteiger partial charge in [-0.15, -0.1) is 0 Å². The maximum Gasteiger partial charge on any atom is 0.119 e. The van der Waals surface area contributed by atoms with E-state index in [1.165, 1.54) is 0 Å². The lowest BCUT2D eigenvalue weighted by molar-refractivity contribution is 0.466. The normalized spacial score (nSPS) is 13.6. The van der Waals surface area contributed by atoms with Crippen LogP contribution in [0.1, 0.15) is 47.9 Å². The van der Waals surface area contributed by atoms with E-state index in [-0.39, 0.29) is 29.1 Å². The third-order valence-corrected chi connectivity index (χ3v) is 4.91. The van der Waals surface area contributed by atoms with Crippen LogP contribution in [0.25, 0.3) is 6.08 Å². The Labute approximate surface area is 159 Å². The van der Waals surface area contributed by atoms with Crippen LogP contribution in [0.3, 0.4) is 0 Å². The van der Waals surface area contributed by atoms with Crippen molar-refractivity contribution in [2.45, 2.75) is 25.7 Å². The predicted molar refractivity (Wildman–Crippen MR) is 109 cm³/mol. The van der Waals surface area contributed by atoms with Gasteiger partial charge in [0.2, 0.25) is 0 Å². The van der Waals surface area contributed by atoms with Crippen LogP contribution in [0.2, 0.25) is 0 Å². The first-order valence-corrected chi connectivity index (χ1v) is 9.03. The molecule has 0 aliphatic carbocycles. The van der Waals surface area contributed by atoms with E-state index in [0.717, 1.165) is 22.3 Å². The van der Waals surface area contributed by atoms with Crippen molar-refractivity contribution < 1.29 is 15.3 Å². The summed E-state index contributed by atoms with van der Waals surface area (Å²) in [5.41, 5.74) is 4.02. The molecule has 0 radical (unpaired) electrons. The topological polar surface area (TPSA) is 60.7 Å². The van der Waals surface area contributed by atoms with E-state index in [2.05, 4.69) is 13.0 Å². The predicted octanol–water partition coefficient (Wildman–Crippen LogP) is 5.77. The molecule has 3 nitrogen and oxygen atoms in total. The fourth-order valence-electron chi connectivity index (χ4n) is 3.11. The summed E-state index contributed by atoms with van der Waals surface area (Å²) in [6, 6.07) is 19.9. The van der Waals surface area contributed by atoms with Crippen molar-refractivity contribution in [3.8, 4) is 17.2 Å². The quantitative estimate of drug-likeness (QED) is 0.541. The summed E-state index contributed by atoms with van der Waals surface area (Å²) in [4.78, 5) is 0. The van der Waals surface area contributed by atoms with Gasteiger partial charge in [0.25, 0.3) is 0 Å². The number of phenolic OH excluding ortho intramolecular Hbond substituents is 3. The second-order valence-corrected chi connectivity index (χ2v) is 6.87. The third kappa shape index (κ3) is 4.50. The molecule has 0 aliphatic heterocycles. The minimum atomic E-state index is 0.00784. The fraction of sp³-hybridized carbons (Fsp3) is 0.167. The molecule has 3 aromatic rings. The Morgan fingerprint density at radius 1 is 0.704 bits per heavy atom. The van der Waals surface area contributed by atoms with E-state index >= 15 is 0 Å². The summed E-state index contributed by atoms with van der Waals surface area (Å²) in [6.07, 6.45) is 4.15. The molecular formula is C24H24O3. The van der Waals surface area contributed by atoms with Gasteiger partial charge in [-0.3, -0.25) is 0 Å². The highest BCUT2D eigenvalue weighted by Crippen LogP contribution is 2.33. The molecule has 3 aromatic carbocycles. The smallest absolute Gasteiger partial charge is 0.119 e. The van der Waals surface area contributed by atoms with Gasteiger partial charge in [0.1, 0.15) is 17.2 Å². The molecule has 0 saturated carbocycles. The maximum atomic E-state index is 10.3. The Kier molecular flexibility index (Phi) is 5.51. The molecule has 0 spiro atoms. The standard InChI is InChI=1S/C24H24O3/c1-16(19-6-10-21(25)11-7-19)3-4-18-5-14-24(27)23(15-18)17(2)20-8-12-22(26)13-9-20/h3-17,25-27H,1-2H3. The average Bonchev–Trinajstić information content (AvgIpc) is 2.67. The SMILES string of the molecule is CC(C=Cc1ccc(O)c(C(C)c2ccc(O)cc2)c1)c1ccc(O)cc1. The number of allylic oxidation sites excluding steroid dienone is 1. The van der Waals surface area contributed by atoms with Gasteiger partial charge in [0.15, 0.2) is 0 Å². The minimum Gasteiger partial charge on any atom is -0.508 e. The number of phenols is 3. The molecule has 0 aliphatic rings. The van der Waals surface area contributed by atoms with Gasteiger partial charge in [-0.25, -0.2) is 0 Å². The Morgan fingerprint density at radius 2 is 1.26 bits per heavy atom. The second-order valence-electron chi connectivity index (χ2n) is 6.87. The molecule has 27 heavy (non-hydrogen) atoms. The van der Waals surface area contributed by atoms with Crippen molar-refractivity contribution in [2.75, 3.05) is 0 Å². The zero-order valence-electron chi connectivity index (χ0n) is 15.5. The molecule has 3 heteroatoms. The molecule has 0 bridgehead atoms. The molecule has 2 atom stereocenters. The highest BCUT2D eigenvalue weighted by Gasteiger charge is 2.13. The number of hydrogen-bond donors (Lipinski definition) is 3. The van der Waals surface area contributed by atoms with Crippen LogP contribution in [0.4, 0.5) is 0 Å². The van der Waals surface area contributed by atoms with Gasteiger partial charge in [0.05, 0.1) is 0 Å². The van der Waals surface area contributed by atoms with Crippen molar-refractivity contribution in [1.82, 2.24) is 0 Å². The van der Waals surface area contributed by atoms with E-state index < -0.39 is 0 Å². The number of rotatable bonds is 5. The number of hydrogen-bond acceptors (Lipinski definition) is 3. The molecule has 2 unspecified atom stereocenters. The van der Waals surface area contributed by atoms with Gasteiger partial charge < -0.3 is 15.3 Å². The summed E-state index contributed by atoms with van der Waals surface area (Å²) in [6.45, 7) is 4.14. The van der Waals surface area contributed by atoms with Crippen LogP contribution >= 0.6 is 0 Å². The lowest BCUT2D eigenvalue weighted by Crippen LogP contribution is -1.97. The molecule has 0 heterocycles. The third-order valence-electron chi connectivity index (χ3n) is 4.91. The molecular weight excluding hydrogens is 336 g/mol. The van der Waals surface area contributed by atoms with Crippen molar-refractivity contribution in [3.05, 3.63) is 95.1 Å². The monoisotopic (exact) mass is 360 g/mol. The molecule has 3 rings (SSSR count). The van der Waals surface area contributed by atoms with Crippen LogP contribution in [-0.2, 0) is 0 Å². The second kappa shape index (κ2) is 8.00. The molecule has 0 saturated heterocycles. The van der Waals surface area contributed by atoms with Crippen LogP contribution in [0.15, 0.2) is 72.8 Å². The van der Waals surface area contributed by atoms with Gasteiger partial charge in [-0.2, -0.15) is 0 Å².